The molecule has 4 aromatic rings. The molecule has 0 aliphatic rings. The molecule has 5 nitrogen and oxygen atoms in total. The normalized spacial score (nSPS) is 11.1. The minimum absolute atomic E-state index is 0.0511. The lowest BCUT2D eigenvalue weighted by Crippen LogP contribution is -2.24. The molecular formula is C25H24FN3O2S2. The Kier molecular flexibility index (Phi) is 7.57. The van der Waals surface area contributed by atoms with Gasteiger partial charge in [-0.25, -0.2) is 9.37 Å². The maximum Gasteiger partial charge on any atom is 0.272 e. The monoisotopic (exact) mass is 481 g/mol. The second kappa shape index (κ2) is 10.8. The predicted octanol–water partition coefficient (Wildman–Crippen LogP) is 5.72. The number of nitrogens with zero attached hydrogens (tertiary/aromatic N) is 2. The van der Waals surface area contributed by atoms with Gasteiger partial charge in [-0.3, -0.25) is 14.2 Å². The third-order valence-electron chi connectivity index (χ3n) is 5.21. The summed E-state index contributed by atoms with van der Waals surface area (Å²) in [5, 5.41) is 5.08. The van der Waals surface area contributed by atoms with Gasteiger partial charge in [-0.15, -0.1) is 11.3 Å². The zero-order valence-corrected chi connectivity index (χ0v) is 19.8. The van der Waals surface area contributed by atoms with Crippen LogP contribution < -0.4 is 10.9 Å². The van der Waals surface area contributed by atoms with Crippen molar-refractivity contribution in [1.29, 1.82) is 0 Å². The number of aromatic nitrogens is 2. The Bertz CT molecular complexity index is 1320. The molecule has 4 rings (SSSR count). The molecule has 0 atom stereocenters. The van der Waals surface area contributed by atoms with Gasteiger partial charge in [0.15, 0.2) is 5.16 Å². The fraction of sp³-hybridized carbons (Fsp3) is 0.240. The molecule has 2 heterocycles. The van der Waals surface area contributed by atoms with Gasteiger partial charge >= 0.3 is 0 Å². The van der Waals surface area contributed by atoms with Crippen LogP contribution in [0.2, 0.25) is 0 Å². The Hall–Kier alpha value is -2.97. The Morgan fingerprint density at radius 1 is 1.15 bits per heavy atom. The number of benzene rings is 2. The molecule has 0 saturated carbocycles. The van der Waals surface area contributed by atoms with E-state index in [1.165, 1.54) is 39.3 Å². The highest BCUT2D eigenvalue weighted by Crippen LogP contribution is 2.23. The summed E-state index contributed by atoms with van der Waals surface area (Å²) in [6, 6.07) is 16.0. The first-order valence-electron chi connectivity index (χ1n) is 10.8. The summed E-state index contributed by atoms with van der Waals surface area (Å²) >= 11 is 2.47. The number of carbonyl (C=O) groups is 1. The number of unbranched alkanes of at least 4 members (excludes halogenated alkanes) is 1. The van der Waals surface area contributed by atoms with Crippen molar-refractivity contribution in [2.45, 2.75) is 37.9 Å². The Balaban J connectivity index is 1.50. The first kappa shape index (κ1) is 23.2. The molecule has 0 aliphatic carbocycles. The van der Waals surface area contributed by atoms with Crippen LogP contribution in [0.5, 0.6) is 0 Å². The number of thioether (sulfide) groups is 1. The summed E-state index contributed by atoms with van der Waals surface area (Å²) in [7, 11) is 0. The van der Waals surface area contributed by atoms with E-state index >= 15 is 0 Å². The van der Waals surface area contributed by atoms with Gasteiger partial charge in [0, 0.05) is 11.3 Å². The molecule has 33 heavy (non-hydrogen) atoms. The van der Waals surface area contributed by atoms with Gasteiger partial charge in [0.1, 0.15) is 10.5 Å². The van der Waals surface area contributed by atoms with Crippen molar-refractivity contribution in [3.05, 3.63) is 87.3 Å². The van der Waals surface area contributed by atoms with Gasteiger partial charge in [-0.05, 0) is 48.1 Å². The van der Waals surface area contributed by atoms with Crippen LogP contribution in [0.4, 0.5) is 10.1 Å². The van der Waals surface area contributed by atoms with E-state index in [1.807, 2.05) is 24.3 Å². The molecule has 2 aromatic heterocycles. The van der Waals surface area contributed by atoms with Crippen LogP contribution in [0.3, 0.4) is 0 Å². The topological polar surface area (TPSA) is 64.0 Å². The lowest BCUT2D eigenvalue weighted by Gasteiger charge is -2.13. The van der Waals surface area contributed by atoms with Crippen molar-refractivity contribution in [2.24, 2.45) is 0 Å². The van der Waals surface area contributed by atoms with Crippen molar-refractivity contribution >= 4 is 44.9 Å². The van der Waals surface area contributed by atoms with Crippen LogP contribution in [0.25, 0.3) is 10.2 Å². The largest absolute Gasteiger partial charge is 0.325 e. The molecule has 0 spiro atoms. The summed E-state index contributed by atoms with van der Waals surface area (Å²) in [6.45, 7) is 2.21. The Morgan fingerprint density at radius 2 is 1.94 bits per heavy atom. The minimum Gasteiger partial charge on any atom is -0.325 e. The minimum atomic E-state index is -0.383. The second-order valence-corrected chi connectivity index (χ2v) is 9.51. The van der Waals surface area contributed by atoms with Gasteiger partial charge in [0.05, 0.1) is 17.8 Å². The van der Waals surface area contributed by atoms with E-state index in [4.69, 9.17) is 0 Å². The van der Waals surface area contributed by atoms with E-state index in [2.05, 4.69) is 17.2 Å². The summed E-state index contributed by atoms with van der Waals surface area (Å²) in [5.74, 6) is -0.498. The quantitative estimate of drug-likeness (QED) is 0.245. The SMILES string of the molecule is CCCCc1ccc(NC(=O)CSc2nc3ccsc3c(=O)n2Cc2ccccc2F)cc1. The van der Waals surface area contributed by atoms with Crippen molar-refractivity contribution in [1.82, 2.24) is 9.55 Å². The average molecular weight is 482 g/mol. The summed E-state index contributed by atoms with van der Waals surface area (Å²) in [5.41, 5.74) is 2.72. The highest BCUT2D eigenvalue weighted by Gasteiger charge is 2.16. The van der Waals surface area contributed by atoms with Crippen molar-refractivity contribution < 1.29 is 9.18 Å². The van der Waals surface area contributed by atoms with Crippen LogP contribution in [0, 0.1) is 5.82 Å². The summed E-state index contributed by atoms with van der Waals surface area (Å²) in [4.78, 5) is 30.2. The number of thiophene rings is 1. The maximum atomic E-state index is 14.2. The van der Waals surface area contributed by atoms with E-state index in [0.29, 0.717) is 20.9 Å². The molecule has 0 fully saturated rings. The first-order chi connectivity index (χ1) is 16.0. The van der Waals surface area contributed by atoms with Crippen LogP contribution in [-0.4, -0.2) is 21.2 Å². The standard InChI is InChI=1S/C25H24FN3O2S2/c1-2-3-6-17-9-11-19(12-10-17)27-22(30)16-33-25-28-21-13-14-32-23(21)24(31)29(25)15-18-7-4-5-8-20(18)26/h4-5,7-14H,2-3,6,15-16H2,1H3,(H,27,30). The van der Waals surface area contributed by atoms with Gasteiger partial charge in [-0.2, -0.15) is 0 Å². The molecule has 2 aromatic carbocycles. The first-order valence-corrected chi connectivity index (χ1v) is 12.6. The van der Waals surface area contributed by atoms with E-state index < -0.39 is 0 Å². The van der Waals surface area contributed by atoms with E-state index in [-0.39, 0.29) is 29.6 Å². The molecule has 170 valence electrons. The van der Waals surface area contributed by atoms with Crippen LogP contribution in [0.15, 0.2) is 69.9 Å². The molecule has 0 radical (unpaired) electrons. The van der Waals surface area contributed by atoms with Crippen molar-refractivity contribution in [3.63, 3.8) is 0 Å². The second-order valence-electron chi connectivity index (χ2n) is 7.65. The molecule has 0 unspecified atom stereocenters. The lowest BCUT2D eigenvalue weighted by molar-refractivity contribution is -0.113. The number of hydrogen-bond acceptors (Lipinski definition) is 5. The molecule has 1 amide bonds. The fourth-order valence-corrected chi connectivity index (χ4v) is 5.01. The molecule has 1 N–H and O–H groups in total. The number of aryl methyl sites for hydroxylation is 1. The summed E-state index contributed by atoms with van der Waals surface area (Å²) in [6.07, 6.45) is 3.30. The van der Waals surface area contributed by atoms with Gasteiger partial charge < -0.3 is 5.32 Å². The smallest absolute Gasteiger partial charge is 0.272 e. The number of hydrogen-bond donors (Lipinski definition) is 1. The zero-order chi connectivity index (χ0) is 23.2. The van der Waals surface area contributed by atoms with Gasteiger partial charge in [-0.1, -0.05) is 55.4 Å². The third kappa shape index (κ3) is 5.69. The van der Waals surface area contributed by atoms with Gasteiger partial charge in [0.25, 0.3) is 5.56 Å². The number of anilines is 1. The van der Waals surface area contributed by atoms with Crippen LogP contribution in [0.1, 0.15) is 30.9 Å². The number of amides is 1. The van der Waals surface area contributed by atoms with Crippen molar-refractivity contribution in [2.75, 3.05) is 11.1 Å². The molecular weight excluding hydrogens is 457 g/mol. The zero-order valence-electron chi connectivity index (χ0n) is 18.2. The summed E-state index contributed by atoms with van der Waals surface area (Å²) < 4.78 is 16.2. The Morgan fingerprint density at radius 3 is 2.70 bits per heavy atom. The molecule has 8 heteroatoms. The highest BCUT2D eigenvalue weighted by atomic mass is 32.2. The molecule has 0 bridgehead atoms. The van der Waals surface area contributed by atoms with E-state index in [9.17, 15) is 14.0 Å². The van der Waals surface area contributed by atoms with Gasteiger partial charge in [0.2, 0.25) is 5.91 Å². The highest BCUT2D eigenvalue weighted by molar-refractivity contribution is 7.99. The van der Waals surface area contributed by atoms with E-state index in [1.54, 1.807) is 29.6 Å². The molecule has 0 aliphatic heterocycles. The molecule has 0 saturated heterocycles. The average Bonchev–Trinajstić information content (AvgIpc) is 3.29. The Labute approximate surface area is 199 Å². The van der Waals surface area contributed by atoms with Crippen LogP contribution in [-0.2, 0) is 17.8 Å². The fourth-order valence-electron chi connectivity index (χ4n) is 3.43. The predicted molar refractivity (Wildman–Crippen MR) is 134 cm³/mol. The lowest BCUT2D eigenvalue weighted by atomic mass is 10.1. The van der Waals surface area contributed by atoms with Crippen LogP contribution >= 0.6 is 23.1 Å². The third-order valence-corrected chi connectivity index (χ3v) is 7.07. The van der Waals surface area contributed by atoms with E-state index in [0.717, 1.165) is 24.9 Å². The maximum absolute atomic E-state index is 14.2. The number of fused-ring (bicyclic) bond motifs is 1. The van der Waals surface area contributed by atoms with Crippen molar-refractivity contribution in [3.8, 4) is 0 Å². The number of carbonyl (C=O) groups excluding carboxylic acids is 1. The number of rotatable bonds is 9. The number of halogens is 1. The number of nitrogens with one attached hydrogen (secondary N) is 1.